The number of carbonyl (C=O) groups excluding carboxylic acids is 2. The maximum atomic E-state index is 11.0. The van der Waals surface area contributed by atoms with E-state index in [1.54, 1.807) is 11.6 Å². The van der Waals surface area contributed by atoms with Crippen LogP contribution in [0.3, 0.4) is 0 Å². The van der Waals surface area contributed by atoms with Crippen molar-refractivity contribution in [3.05, 3.63) is 58.7 Å². The summed E-state index contributed by atoms with van der Waals surface area (Å²) in [4.78, 5) is 22.1. The molecule has 0 N–H and O–H groups in total. The Morgan fingerprint density at radius 1 is 0.857 bits per heavy atom. The Hall–Kier alpha value is -2.07. The summed E-state index contributed by atoms with van der Waals surface area (Å²) >= 11 is 1.71. The molecular formula is C17H13BO2S. The molecule has 0 radical (unpaired) electrons. The highest BCUT2D eigenvalue weighted by atomic mass is 32.2. The first-order chi connectivity index (χ1) is 10.3. The van der Waals surface area contributed by atoms with Crippen molar-refractivity contribution in [3.8, 4) is 0 Å². The SMILES string of the molecule is CSB1c2cc(C=O)ccc2C=Cc2ccc(C=O)cc21. The predicted octanol–water partition coefficient (Wildman–Crippen LogP) is 2.26. The Bertz CT molecular complexity index is 691. The van der Waals surface area contributed by atoms with Gasteiger partial charge in [-0.05, 0) is 17.4 Å². The van der Waals surface area contributed by atoms with E-state index < -0.39 is 0 Å². The zero-order chi connectivity index (χ0) is 14.8. The summed E-state index contributed by atoms with van der Waals surface area (Å²) in [5, 5.41) is 0. The molecule has 0 spiro atoms. The Labute approximate surface area is 128 Å². The van der Waals surface area contributed by atoms with Gasteiger partial charge in [0.15, 0.2) is 0 Å². The smallest absolute Gasteiger partial charge is 0.275 e. The van der Waals surface area contributed by atoms with E-state index in [0.29, 0.717) is 11.1 Å². The van der Waals surface area contributed by atoms with Crippen LogP contribution in [0.1, 0.15) is 31.8 Å². The predicted molar refractivity (Wildman–Crippen MR) is 91.1 cm³/mol. The fraction of sp³-hybridized carbons (Fsp3) is 0.0588. The molecule has 2 aromatic rings. The van der Waals surface area contributed by atoms with Crippen molar-refractivity contribution in [1.82, 2.24) is 0 Å². The van der Waals surface area contributed by atoms with Crippen LogP contribution in [0.15, 0.2) is 36.4 Å². The topological polar surface area (TPSA) is 34.1 Å². The van der Waals surface area contributed by atoms with Gasteiger partial charge in [-0.25, -0.2) is 11.6 Å². The van der Waals surface area contributed by atoms with Crippen molar-refractivity contribution in [2.45, 2.75) is 0 Å². The second-order valence-corrected chi connectivity index (χ2v) is 5.90. The van der Waals surface area contributed by atoms with Gasteiger partial charge in [0.2, 0.25) is 0 Å². The number of aldehydes is 2. The van der Waals surface area contributed by atoms with Crippen LogP contribution in [0.5, 0.6) is 0 Å². The first-order valence-corrected chi connectivity index (χ1v) is 7.94. The molecule has 0 saturated heterocycles. The standard InChI is InChI=1S/C17H13BO2S/c1-21-18-16-8-12(10-19)2-4-14(16)6-7-15-5-3-13(11-20)9-17(15)18/h2-11H,1H3. The molecule has 0 atom stereocenters. The van der Waals surface area contributed by atoms with Gasteiger partial charge >= 0.3 is 0 Å². The van der Waals surface area contributed by atoms with Crippen molar-refractivity contribution in [2.75, 3.05) is 6.26 Å². The zero-order valence-corrected chi connectivity index (χ0v) is 12.4. The van der Waals surface area contributed by atoms with Crippen LogP contribution in [0.25, 0.3) is 12.2 Å². The zero-order valence-electron chi connectivity index (χ0n) is 11.6. The molecule has 102 valence electrons. The highest BCUT2D eigenvalue weighted by molar-refractivity contribution is 8.27. The van der Waals surface area contributed by atoms with Gasteiger partial charge in [0.25, 0.3) is 5.99 Å². The minimum atomic E-state index is 0.116. The summed E-state index contributed by atoms with van der Waals surface area (Å²) in [5.74, 6) is 0.116. The molecule has 3 rings (SSSR count). The van der Waals surface area contributed by atoms with E-state index in [4.69, 9.17) is 0 Å². The molecule has 1 heterocycles. The van der Waals surface area contributed by atoms with Crippen molar-refractivity contribution < 1.29 is 9.59 Å². The maximum absolute atomic E-state index is 11.0. The van der Waals surface area contributed by atoms with E-state index in [-0.39, 0.29) is 5.99 Å². The summed E-state index contributed by atoms with van der Waals surface area (Å²) in [6.07, 6.45) is 7.92. The summed E-state index contributed by atoms with van der Waals surface area (Å²) in [6.45, 7) is 0. The lowest BCUT2D eigenvalue weighted by Gasteiger charge is -2.15. The third-order valence-electron chi connectivity index (χ3n) is 3.74. The molecule has 0 saturated carbocycles. The van der Waals surface area contributed by atoms with E-state index in [1.807, 2.05) is 42.7 Å². The molecule has 0 aromatic heterocycles. The Balaban J connectivity index is 2.24. The maximum Gasteiger partial charge on any atom is 0.275 e. The van der Waals surface area contributed by atoms with E-state index in [9.17, 15) is 9.59 Å². The van der Waals surface area contributed by atoms with Crippen molar-refractivity contribution in [1.29, 1.82) is 0 Å². The summed E-state index contributed by atoms with van der Waals surface area (Å²) in [7, 11) is 0. The molecular weight excluding hydrogens is 279 g/mol. The monoisotopic (exact) mass is 292 g/mol. The van der Waals surface area contributed by atoms with E-state index in [2.05, 4.69) is 12.2 Å². The van der Waals surface area contributed by atoms with E-state index in [1.165, 1.54) is 0 Å². The van der Waals surface area contributed by atoms with Gasteiger partial charge in [0.1, 0.15) is 12.6 Å². The van der Waals surface area contributed by atoms with Gasteiger partial charge in [-0.1, -0.05) is 59.5 Å². The molecule has 0 unspecified atom stereocenters. The molecule has 1 aliphatic heterocycles. The first kappa shape index (κ1) is 13.9. The normalized spacial score (nSPS) is 12.3. The lowest BCUT2D eigenvalue weighted by molar-refractivity contribution is 0.111. The van der Waals surface area contributed by atoms with Crippen LogP contribution < -0.4 is 10.9 Å². The largest absolute Gasteiger partial charge is 0.298 e. The van der Waals surface area contributed by atoms with Gasteiger partial charge < -0.3 is 0 Å². The second-order valence-electron chi connectivity index (χ2n) is 4.96. The summed E-state index contributed by atoms with van der Waals surface area (Å²) in [5.41, 5.74) is 5.82. The number of carbonyl (C=O) groups is 2. The molecule has 0 amide bonds. The van der Waals surface area contributed by atoms with Crippen LogP contribution in [0.4, 0.5) is 0 Å². The number of fused-ring (bicyclic) bond motifs is 2. The fourth-order valence-corrected chi connectivity index (χ4v) is 3.61. The van der Waals surface area contributed by atoms with Crippen molar-refractivity contribution >= 4 is 53.3 Å². The van der Waals surface area contributed by atoms with Crippen molar-refractivity contribution in [3.63, 3.8) is 0 Å². The molecule has 2 nitrogen and oxygen atoms in total. The van der Waals surface area contributed by atoms with Gasteiger partial charge in [0, 0.05) is 11.1 Å². The average Bonchev–Trinajstić information content (AvgIpc) is 2.69. The minimum Gasteiger partial charge on any atom is -0.298 e. The van der Waals surface area contributed by atoms with Gasteiger partial charge in [-0.2, -0.15) is 0 Å². The van der Waals surface area contributed by atoms with E-state index in [0.717, 1.165) is 34.6 Å². The van der Waals surface area contributed by atoms with E-state index >= 15 is 0 Å². The number of benzene rings is 2. The third kappa shape index (κ3) is 2.47. The van der Waals surface area contributed by atoms with Crippen LogP contribution in [0, 0.1) is 0 Å². The molecule has 21 heavy (non-hydrogen) atoms. The van der Waals surface area contributed by atoms with Crippen LogP contribution in [0.2, 0.25) is 0 Å². The molecule has 4 heteroatoms. The quantitative estimate of drug-likeness (QED) is 0.643. The molecule has 0 aliphatic carbocycles. The number of rotatable bonds is 3. The van der Waals surface area contributed by atoms with Gasteiger partial charge in [0.05, 0.1) is 0 Å². The lowest BCUT2D eigenvalue weighted by Crippen LogP contribution is -2.41. The van der Waals surface area contributed by atoms with Crippen LogP contribution in [-0.4, -0.2) is 24.8 Å². The Kier molecular flexibility index (Phi) is 3.80. The number of hydrogen-bond donors (Lipinski definition) is 0. The number of hydrogen-bond acceptors (Lipinski definition) is 3. The van der Waals surface area contributed by atoms with Crippen LogP contribution >= 0.6 is 11.6 Å². The molecule has 1 aliphatic rings. The molecule has 2 aromatic carbocycles. The molecule has 0 fully saturated rings. The second kappa shape index (κ2) is 5.74. The minimum absolute atomic E-state index is 0.116. The van der Waals surface area contributed by atoms with Gasteiger partial charge in [-0.15, -0.1) is 0 Å². The molecule has 0 bridgehead atoms. The summed E-state index contributed by atoms with van der Waals surface area (Å²) in [6, 6.07) is 11.5. The Morgan fingerprint density at radius 2 is 1.33 bits per heavy atom. The van der Waals surface area contributed by atoms with Gasteiger partial charge in [-0.3, -0.25) is 9.59 Å². The van der Waals surface area contributed by atoms with Crippen molar-refractivity contribution in [2.24, 2.45) is 0 Å². The average molecular weight is 292 g/mol. The fourth-order valence-electron chi connectivity index (χ4n) is 2.69. The Morgan fingerprint density at radius 3 is 1.71 bits per heavy atom. The summed E-state index contributed by atoms with van der Waals surface area (Å²) < 4.78 is 0. The third-order valence-corrected chi connectivity index (χ3v) is 4.72. The highest BCUT2D eigenvalue weighted by Gasteiger charge is 2.25. The van der Waals surface area contributed by atoms with Crippen LogP contribution in [-0.2, 0) is 0 Å². The highest BCUT2D eigenvalue weighted by Crippen LogP contribution is 2.18. The first-order valence-electron chi connectivity index (χ1n) is 6.66. The lowest BCUT2D eigenvalue weighted by atomic mass is 9.59.